The second-order valence-corrected chi connectivity index (χ2v) is 9.77. The molecule has 0 fully saturated rings. The van der Waals surface area contributed by atoms with Gasteiger partial charge >= 0.3 is 0 Å². The first-order valence-corrected chi connectivity index (χ1v) is 12.2. The first-order valence-electron chi connectivity index (χ1n) is 11.2. The van der Waals surface area contributed by atoms with Crippen molar-refractivity contribution in [2.24, 2.45) is 0 Å². The largest absolute Gasteiger partial charge is 0.467 e. The molecule has 0 spiro atoms. The maximum atomic E-state index is 6.14. The summed E-state index contributed by atoms with van der Waals surface area (Å²) in [6, 6.07) is 11.3. The van der Waals surface area contributed by atoms with Crippen molar-refractivity contribution in [1.82, 2.24) is 0 Å². The minimum atomic E-state index is 0.0356. The van der Waals surface area contributed by atoms with Crippen LogP contribution in [0.5, 0.6) is 5.75 Å². The zero-order chi connectivity index (χ0) is 22.3. The van der Waals surface area contributed by atoms with E-state index in [-0.39, 0.29) is 11.9 Å². The molecule has 2 aromatic rings. The summed E-state index contributed by atoms with van der Waals surface area (Å²) in [6.45, 7) is 18.0. The van der Waals surface area contributed by atoms with E-state index in [1.54, 1.807) is 7.11 Å². The fraction of sp³-hybridized carbons (Fsp3) is 0.538. The van der Waals surface area contributed by atoms with E-state index in [4.69, 9.17) is 9.47 Å². The molecule has 0 heterocycles. The summed E-state index contributed by atoms with van der Waals surface area (Å²) in [5, 5.41) is 1.52. The van der Waals surface area contributed by atoms with Crippen molar-refractivity contribution < 1.29 is 9.47 Å². The second kappa shape index (κ2) is 11.2. The highest BCUT2D eigenvalue weighted by atomic mass is 31.1. The molecule has 4 heteroatoms. The molecule has 0 N–H and O–H groups in total. The Kier molecular flexibility index (Phi) is 9.19. The molecular formula is C26H40NO2P. The van der Waals surface area contributed by atoms with Crippen LogP contribution in [0.4, 0.5) is 5.69 Å². The monoisotopic (exact) mass is 429 g/mol. The van der Waals surface area contributed by atoms with Crippen LogP contribution >= 0.6 is 8.58 Å². The Morgan fingerprint density at radius 3 is 2.17 bits per heavy atom. The molecule has 2 aromatic carbocycles. The average Bonchev–Trinajstić information content (AvgIpc) is 2.73. The third kappa shape index (κ3) is 5.18. The molecule has 0 aromatic heterocycles. The highest BCUT2D eigenvalue weighted by Gasteiger charge is 2.34. The molecule has 166 valence electrons. The number of aryl methyl sites for hydroxylation is 3. The van der Waals surface area contributed by atoms with Gasteiger partial charge in [-0.15, -0.1) is 0 Å². The summed E-state index contributed by atoms with van der Waals surface area (Å²) >= 11 is 0. The number of rotatable bonds is 11. The van der Waals surface area contributed by atoms with Crippen molar-refractivity contribution >= 4 is 19.6 Å². The summed E-state index contributed by atoms with van der Waals surface area (Å²) in [4.78, 5) is 2.48. The second-order valence-electron chi connectivity index (χ2n) is 8.06. The zero-order valence-electron chi connectivity index (χ0n) is 20.2. The topological polar surface area (TPSA) is 21.7 Å². The van der Waals surface area contributed by atoms with E-state index in [9.17, 15) is 0 Å². The number of nitrogens with zero attached hydrogens (tertiary/aromatic N) is 1. The molecule has 0 aliphatic heterocycles. The van der Waals surface area contributed by atoms with Gasteiger partial charge in [0.1, 0.15) is 5.75 Å². The SMILES string of the molecule is CCN(CC)c1cccc(C)c1PC(CC)(CC)c1cc(C)cc(C)c1OCOC. The maximum Gasteiger partial charge on any atom is 0.188 e. The molecule has 0 aliphatic carbocycles. The van der Waals surface area contributed by atoms with E-state index >= 15 is 0 Å². The molecule has 3 nitrogen and oxygen atoms in total. The first-order chi connectivity index (χ1) is 14.4. The van der Waals surface area contributed by atoms with Gasteiger partial charge in [0.05, 0.1) is 0 Å². The van der Waals surface area contributed by atoms with Crippen molar-refractivity contribution in [3.8, 4) is 5.75 Å². The Balaban J connectivity index is 2.67. The Morgan fingerprint density at radius 2 is 1.60 bits per heavy atom. The molecular weight excluding hydrogens is 389 g/mol. The summed E-state index contributed by atoms with van der Waals surface area (Å²) < 4.78 is 11.4. The van der Waals surface area contributed by atoms with Crippen molar-refractivity contribution in [3.05, 3.63) is 52.6 Å². The van der Waals surface area contributed by atoms with Crippen LogP contribution in [0.15, 0.2) is 30.3 Å². The number of ether oxygens (including phenoxy) is 2. The van der Waals surface area contributed by atoms with Gasteiger partial charge in [0.15, 0.2) is 6.79 Å². The smallest absolute Gasteiger partial charge is 0.188 e. The van der Waals surface area contributed by atoms with E-state index in [0.717, 1.165) is 31.7 Å². The zero-order valence-corrected chi connectivity index (χ0v) is 21.2. The Hall–Kier alpha value is -1.57. The number of benzene rings is 2. The standard InChI is InChI=1S/C26H40NO2P/c1-9-26(10-2,22-17-19(5)16-21(7)24(22)29-18-28-8)30-25-20(6)14-13-15-23(25)27(11-3)12-4/h13-17,30H,9-12,18H2,1-8H3. The molecule has 0 saturated heterocycles. The molecule has 1 unspecified atom stereocenters. The lowest BCUT2D eigenvalue weighted by atomic mass is 9.89. The quantitative estimate of drug-likeness (QED) is 0.302. The Labute approximate surface area is 185 Å². The van der Waals surface area contributed by atoms with Gasteiger partial charge in [0.2, 0.25) is 0 Å². The lowest BCUT2D eigenvalue weighted by molar-refractivity contribution is 0.0494. The van der Waals surface area contributed by atoms with Crippen LogP contribution in [0.2, 0.25) is 0 Å². The van der Waals surface area contributed by atoms with E-state index in [0.29, 0.717) is 8.58 Å². The fourth-order valence-electron chi connectivity index (χ4n) is 4.38. The minimum absolute atomic E-state index is 0.0356. The summed E-state index contributed by atoms with van der Waals surface area (Å²) in [5.74, 6) is 0.997. The molecule has 0 bridgehead atoms. The van der Waals surface area contributed by atoms with Gasteiger partial charge in [-0.05, 0) is 70.0 Å². The summed E-state index contributed by atoms with van der Waals surface area (Å²) in [6.07, 6.45) is 2.14. The molecule has 0 amide bonds. The molecule has 0 aliphatic rings. The van der Waals surface area contributed by atoms with E-state index in [1.165, 1.54) is 33.2 Å². The Bertz CT molecular complexity index is 826. The molecule has 2 rings (SSSR count). The number of hydrogen-bond donors (Lipinski definition) is 0. The highest BCUT2D eigenvalue weighted by Crippen LogP contribution is 2.52. The predicted octanol–water partition coefficient (Wildman–Crippen LogP) is 6.46. The van der Waals surface area contributed by atoms with Crippen molar-refractivity contribution in [3.63, 3.8) is 0 Å². The third-order valence-electron chi connectivity index (χ3n) is 6.18. The fourth-order valence-corrected chi connectivity index (χ4v) is 6.18. The highest BCUT2D eigenvalue weighted by molar-refractivity contribution is 7.49. The van der Waals surface area contributed by atoms with Gasteiger partial charge in [0.25, 0.3) is 0 Å². The van der Waals surface area contributed by atoms with Gasteiger partial charge < -0.3 is 14.4 Å². The van der Waals surface area contributed by atoms with Crippen LogP contribution in [0.1, 0.15) is 62.8 Å². The minimum Gasteiger partial charge on any atom is -0.467 e. The van der Waals surface area contributed by atoms with E-state index < -0.39 is 0 Å². The summed E-state index contributed by atoms with van der Waals surface area (Å²) in [5.41, 5.74) is 6.57. The molecule has 0 saturated carbocycles. The average molecular weight is 430 g/mol. The maximum absolute atomic E-state index is 6.14. The van der Waals surface area contributed by atoms with Crippen LogP contribution in [0, 0.1) is 20.8 Å². The van der Waals surface area contributed by atoms with Crippen LogP contribution in [-0.2, 0) is 9.89 Å². The van der Waals surface area contributed by atoms with Crippen molar-refractivity contribution in [2.75, 3.05) is 31.9 Å². The molecule has 1 atom stereocenters. The van der Waals surface area contributed by atoms with Crippen LogP contribution in [0.3, 0.4) is 0 Å². The third-order valence-corrected chi connectivity index (χ3v) is 8.54. The first kappa shape index (κ1) is 24.7. The van der Waals surface area contributed by atoms with Crippen LogP contribution in [-0.4, -0.2) is 27.0 Å². The predicted molar refractivity (Wildman–Crippen MR) is 133 cm³/mol. The van der Waals surface area contributed by atoms with Gasteiger partial charge in [-0.1, -0.05) is 52.3 Å². The molecule has 0 radical (unpaired) electrons. The summed E-state index contributed by atoms with van der Waals surface area (Å²) in [7, 11) is 2.35. The van der Waals surface area contributed by atoms with Crippen LogP contribution in [0.25, 0.3) is 0 Å². The number of methoxy groups -OCH3 is 1. The van der Waals surface area contributed by atoms with Gasteiger partial charge in [-0.2, -0.15) is 0 Å². The molecule has 30 heavy (non-hydrogen) atoms. The lowest BCUT2D eigenvalue weighted by Crippen LogP contribution is -2.30. The normalized spacial score (nSPS) is 12.0. The number of hydrogen-bond acceptors (Lipinski definition) is 3. The van der Waals surface area contributed by atoms with E-state index in [1.807, 2.05) is 0 Å². The lowest BCUT2D eigenvalue weighted by Gasteiger charge is -2.37. The van der Waals surface area contributed by atoms with Gasteiger partial charge in [0, 0.05) is 36.6 Å². The van der Waals surface area contributed by atoms with Gasteiger partial charge in [-0.3, -0.25) is 0 Å². The van der Waals surface area contributed by atoms with Crippen molar-refractivity contribution in [1.29, 1.82) is 0 Å². The van der Waals surface area contributed by atoms with E-state index in [2.05, 4.69) is 83.7 Å². The Morgan fingerprint density at radius 1 is 0.933 bits per heavy atom. The van der Waals surface area contributed by atoms with Gasteiger partial charge in [-0.25, -0.2) is 0 Å². The van der Waals surface area contributed by atoms with Crippen LogP contribution < -0.4 is 14.9 Å². The van der Waals surface area contributed by atoms with Crippen molar-refractivity contribution in [2.45, 2.75) is 66.5 Å². The number of anilines is 1.